The lowest BCUT2D eigenvalue weighted by Gasteiger charge is -2.14. The number of nitrogens with one attached hydrogen (secondary N) is 2. The first kappa shape index (κ1) is 20.2. The topological polar surface area (TPSA) is 108 Å². The van der Waals surface area contributed by atoms with Crippen LogP contribution < -0.4 is 15.6 Å². The Morgan fingerprint density at radius 2 is 1.89 bits per heavy atom. The average molecular weight is 372 g/mol. The summed E-state index contributed by atoms with van der Waals surface area (Å²) in [6.45, 7) is 5.77. The second-order valence-corrected chi connectivity index (χ2v) is 6.37. The lowest BCUT2D eigenvalue weighted by Crippen LogP contribution is -2.37. The molecule has 2 aromatic rings. The number of carbonyl (C=O) groups excluding carboxylic acids is 1. The standard InChI is InChI=1S/C20H24N2O5/c1-4-27-16-7-5-14(6-8-16)10-15(20(25)26)11-21-18(23)17-12(2)9-13(3)22-19(17)24/h5-9,15H,4,10-11H2,1-3H3,(H,21,23)(H,22,24)(H,25,26). The normalized spacial score (nSPS) is 11.7. The van der Waals surface area contributed by atoms with E-state index in [4.69, 9.17) is 4.74 Å². The Bertz CT molecular complexity index is 871. The molecule has 0 aliphatic carbocycles. The number of amides is 1. The Labute approximate surface area is 157 Å². The van der Waals surface area contributed by atoms with E-state index >= 15 is 0 Å². The Hall–Kier alpha value is -3.09. The second-order valence-electron chi connectivity index (χ2n) is 6.37. The number of carbonyl (C=O) groups is 2. The van der Waals surface area contributed by atoms with Crippen LogP contribution in [0.4, 0.5) is 0 Å². The zero-order chi connectivity index (χ0) is 20.0. The molecular weight excluding hydrogens is 348 g/mol. The van der Waals surface area contributed by atoms with Crippen LogP contribution in [0.2, 0.25) is 0 Å². The number of hydrogen-bond acceptors (Lipinski definition) is 4. The molecule has 144 valence electrons. The Morgan fingerprint density at radius 3 is 2.44 bits per heavy atom. The van der Waals surface area contributed by atoms with Gasteiger partial charge in [-0.25, -0.2) is 0 Å². The summed E-state index contributed by atoms with van der Waals surface area (Å²) in [6.07, 6.45) is 0.255. The van der Waals surface area contributed by atoms with E-state index in [0.29, 0.717) is 17.9 Å². The molecule has 0 aliphatic heterocycles. The summed E-state index contributed by atoms with van der Waals surface area (Å²) in [4.78, 5) is 38.5. The minimum atomic E-state index is -1.02. The highest BCUT2D eigenvalue weighted by Gasteiger charge is 2.21. The van der Waals surface area contributed by atoms with Crippen LogP contribution in [0.3, 0.4) is 0 Å². The van der Waals surface area contributed by atoms with Crippen LogP contribution >= 0.6 is 0 Å². The SMILES string of the molecule is CCOc1ccc(CC(CNC(=O)c2c(C)cc(C)[nH]c2=O)C(=O)O)cc1. The molecule has 27 heavy (non-hydrogen) atoms. The first-order chi connectivity index (χ1) is 12.8. The van der Waals surface area contributed by atoms with Gasteiger partial charge in [-0.3, -0.25) is 14.4 Å². The third-order valence-corrected chi connectivity index (χ3v) is 4.17. The first-order valence-electron chi connectivity index (χ1n) is 8.75. The number of carboxylic acids is 1. The number of aromatic amines is 1. The quantitative estimate of drug-likeness (QED) is 0.657. The van der Waals surface area contributed by atoms with Crippen LogP contribution in [0.15, 0.2) is 35.1 Å². The fourth-order valence-electron chi connectivity index (χ4n) is 2.86. The Kier molecular flexibility index (Phi) is 6.76. The number of aliphatic carboxylic acids is 1. The summed E-state index contributed by atoms with van der Waals surface area (Å²) >= 11 is 0. The fraction of sp³-hybridized carbons (Fsp3) is 0.350. The van der Waals surface area contributed by atoms with Crippen LogP contribution in [-0.2, 0) is 11.2 Å². The lowest BCUT2D eigenvalue weighted by atomic mass is 9.99. The van der Waals surface area contributed by atoms with Gasteiger partial charge in [0.1, 0.15) is 11.3 Å². The largest absolute Gasteiger partial charge is 0.494 e. The van der Waals surface area contributed by atoms with Crippen LogP contribution in [0.5, 0.6) is 5.75 Å². The molecule has 7 heteroatoms. The number of rotatable bonds is 8. The minimum absolute atomic E-state index is 0.00538. The zero-order valence-corrected chi connectivity index (χ0v) is 15.7. The molecular formula is C20H24N2O5. The highest BCUT2D eigenvalue weighted by molar-refractivity contribution is 5.95. The summed E-state index contributed by atoms with van der Waals surface area (Å²) < 4.78 is 5.37. The minimum Gasteiger partial charge on any atom is -0.494 e. The number of aryl methyl sites for hydroxylation is 2. The van der Waals surface area contributed by atoms with E-state index in [1.165, 1.54) is 0 Å². The molecule has 7 nitrogen and oxygen atoms in total. The number of benzene rings is 1. The molecule has 1 aromatic heterocycles. The number of H-pyrrole nitrogens is 1. The molecule has 0 saturated carbocycles. The van der Waals surface area contributed by atoms with Gasteiger partial charge in [0, 0.05) is 12.2 Å². The zero-order valence-electron chi connectivity index (χ0n) is 15.7. The van der Waals surface area contributed by atoms with Gasteiger partial charge in [0.05, 0.1) is 12.5 Å². The van der Waals surface area contributed by atoms with Crippen molar-refractivity contribution in [1.29, 1.82) is 0 Å². The third kappa shape index (κ3) is 5.44. The molecule has 0 bridgehead atoms. The van der Waals surface area contributed by atoms with E-state index in [1.807, 2.05) is 6.92 Å². The van der Waals surface area contributed by atoms with E-state index < -0.39 is 23.4 Å². The van der Waals surface area contributed by atoms with Gasteiger partial charge in [0.25, 0.3) is 11.5 Å². The molecule has 0 aliphatic rings. The Morgan fingerprint density at radius 1 is 1.22 bits per heavy atom. The molecule has 1 atom stereocenters. The van der Waals surface area contributed by atoms with E-state index in [0.717, 1.165) is 11.3 Å². The maximum Gasteiger partial charge on any atom is 0.308 e. The van der Waals surface area contributed by atoms with E-state index in [9.17, 15) is 19.5 Å². The maximum absolute atomic E-state index is 12.4. The van der Waals surface area contributed by atoms with E-state index in [-0.39, 0.29) is 18.5 Å². The molecule has 0 saturated heterocycles. The predicted octanol–water partition coefficient (Wildman–Crippen LogP) is 2.06. The third-order valence-electron chi connectivity index (χ3n) is 4.17. The number of pyridine rings is 1. The van der Waals surface area contributed by atoms with Gasteiger partial charge in [0.15, 0.2) is 0 Å². The van der Waals surface area contributed by atoms with Crippen LogP contribution in [0.25, 0.3) is 0 Å². The van der Waals surface area contributed by atoms with Gasteiger partial charge in [-0.15, -0.1) is 0 Å². The fourth-order valence-corrected chi connectivity index (χ4v) is 2.86. The van der Waals surface area contributed by atoms with Crippen LogP contribution in [0, 0.1) is 19.8 Å². The molecule has 3 N–H and O–H groups in total. The number of hydrogen-bond donors (Lipinski definition) is 3. The number of aromatic nitrogens is 1. The van der Waals surface area contributed by atoms with Gasteiger partial charge in [-0.1, -0.05) is 12.1 Å². The summed E-state index contributed by atoms with van der Waals surface area (Å²) in [5.74, 6) is -1.68. The number of ether oxygens (including phenoxy) is 1. The van der Waals surface area contributed by atoms with Crippen molar-refractivity contribution in [2.24, 2.45) is 5.92 Å². The molecule has 1 heterocycles. The summed E-state index contributed by atoms with van der Waals surface area (Å²) in [7, 11) is 0. The lowest BCUT2D eigenvalue weighted by molar-refractivity contribution is -0.141. The molecule has 2 rings (SSSR count). The van der Waals surface area contributed by atoms with Crippen molar-refractivity contribution in [1.82, 2.24) is 10.3 Å². The summed E-state index contributed by atoms with van der Waals surface area (Å²) in [5.41, 5.74) is 1.55. The first-order valence-corrected chi connectivity index (χ1v) is 8.75. The van der Waals surface area contributed by atoms with Gasteiger partial charge < -0.3 is 20.1 Å². The highest BCUT2D eigenvalue weighted by Crippen LogP contribution is 2.15. The summed E-state index contributed by atoms with van der Waals surface area (Å²) in [6, 6.07) is 8.87. The van der Waals surface area contributed by atoms with Crippen molar-refractivity contribution in [2.75, 3.05) is 13.2 Å². The molecule has 0 radical (unpaired) electrons. The Balaban J connectivity index is 2.05. The van der Waals surface area contributed by atoms with Crippen molar-refractivity contribution >= 4 is 11.9 Å². The van der Waals surface area contributed by atoms with Crippen LogP contribution in [0.1, 0.15) is 34.1 Å². The smallest absolute Gasteiger partial charge is 0.308 e. The molecule has 1 unspecified atom stereocenters. The van der Waals surface area contributed by atoms with Crippen molar-refractivity contribution < 1.29 is 19.4 Å². The van der Waals surface area contributed by atoms with Gasteiger partial charge in [0.2, 0.25) is 0 Å². The van der Waals surface area contributed by atoms with Crippen molar-refractivity contribution in [3.8, 4) is 5.75 Å². The molecule has 0 spiro atoms. The highest BCUT2D eigenvalue weighted by atomic mass is 16.5. The second kappa shape index (κ2) is 9.02. The van der Waals surface area contributed by atoms with Crippen molar-refractivity contribution in [3.05, 3.63) is 63.1 Å². The van der Waals surface area contributed by atoms with Crippen molar-refractivity contribution in [3.63, 3.8) is 0 Å². The van der Waals surface area contributed by atoms with Crippen molar-refractivity contribution in [2.45, 2.75) is 27.2 Å². The predicted molar refractivity (Wildman–Crippen MR) is 101 cm³/mol. The maximum atomic E-state index is 12.4. The summed E-state index contributed by atoms with van der Waals surface area (Å²) in [5, 5.41) is 12.0. The van der Waals surface area contributed by atoms with E-state index in [2.05, 4.69) is 10.3 Å². The van der Waals surface area contributed by atoms with E-state index in [1.54, 1.807) is 44.2 Å². The van der Waals surface area contributed by atoms with Gasteiger partial charge in [-0.05, 0) is 56.5 Å². The average Bonchev–Trinajstić information content (AvgIpc) is 2.59. The van der Waals surface area contributed by atoms with Crippen LogP contribution in [-0.4, -0.2) is 35.1 Å². The molecule has 1 amide bonds. The molecule has 0 fully saturated rings. The van der Waals surface area contributed by atoms with Gasteiger partial charge in [-0.2, -0.15) is 0 Å². The monoisotopic (exact) mass is 372 g/mol. The van der Waals surface area contributed by atoms with Gasteiger partial charge >= 0.3 is 5.97 Å². The number of carboxylic acid groups (broad SMARTS) is 1. The molecule has 1 aromatic carbocycles.